The molecular formula is C8H8O5. The Kier molecular flexibility index (Phi) is 2.36. The summed E-state index contributed by atoms with van der Waals surface area (Å²) >= 11 is 0. The fraction of sp³-hybridized carbons (Fsp3) is 0.250. The predicted octanol–water partition coefficient (Wildman–Crippen LogP) is 1.07. The van der Waals surface area contributed by atoms with E-state index in [0.717, 1.165) is 7.11 Å². The number of carboxylic acids is 1. The van der Waals surface area contributed by atoms with Crippen molar-refractivity contribution in [2.45, 2.75) is 6.92 Å². The van der Waals surface area contributed by atoms with Gasteiger partial charge >= 0.3 is 11.9 Å². The van der Waals surface area contributed by atoms with Crippen LogP contribution in [0.15, 0.2) is 10.5 Å². The molecule has 1 heterocycles. The molecule has 70 valence electrons. The molecular weight excluding hydrogens is 176 g/mol. The van der Waals surface area contributed by atoms with Gasteiger partial charge in [0.15, 0.2) is 0 Å². The number of aryl methyl sites for hydroxylation is 1. The average Bonchev–Trinajstić information content (AvgIpc) is 2.46. The second kappa shape index (κ2) is 3.30. The van der Waals surface area contributed by atoms with Gasteiger partial charge in [-0.3, -0.25) is 0 Å². The first-order chi connectivity index (χ1) is 6.06. The van der Waals surface area contributed by atoms with Gasteiger partial charge in [-0.1, -0.05) is 0 Å². The molecule has 0 radical (unpaired) electrons. The summed E-state index contributed by atoms with van der Waals surface area (Å²) in [4.78, 5) is 21.6. The number of carbonyl (C=O) groups is 2. The molecule has 0 aliphatic carbocycles. The maximum atomic E-state index is 11.0. The molecule has 1 aromatic rings. The highest BCUT2D eigenvalue weighted by Gasteiger charge is 2.22. The average molecular weight is 184 g/mol. The first-order valence-electron chi connectivity index (χ1n) is 3.48. The Bertz CT molecular complexity index is 349. The van der Waals surface area contributed by atoms with Crippen molar-refractivity contribution in [1.82, 2.24) is 0 Å². The van der Waals surface area contributed by atoms with Gasteiger partial charge in [0, 0.05) is 0 Å². The maximum Gasteiger partial charge on any atom is 0.374 e. The molecule has 0 saturated heterocycles. The minimum absolute atomic E-state index is 0.177. The highest BCUT2D eigenvalue weighted by atomic mass is 16.5. The number of carboxylic acid groups (broad SMARTS) is 1. The molecule has 1 N–H and O–H groups in total. The van der Waals surface area contributed by atoms with E-state index in [1.165, 1.54) is 6.07 Å². The highest BCUT2D eigenvalue weighted by molar-refractivity contribution is 6.00. The quantitative estimate of drug-likeness (QED) is 0.695. The van der Waals surface area contributed by atoms with Crippen LogP contribution in [-0.2, 0) is 4.74 Å². The van der Waals surface area contributed by atoms with Gasteiger partial charge < -0.3 is 14.3 Å². The summed E-state index contributed by atoms with van der Waals surface area (Å²) in [6, 6.07) is 1.27. The molecule has 0 spiro atoms. The normalized spacial score (nSPS) is 9.69. The van der Waals surface area contributed by atoms with E-state index in [4.69, 9.17) is 9.52 Å². The molecule has 13 heavy (non-hydrogen) atoms. The summed E-state index contributed by atoms with van der Waals surface area (Å²) in [5, 5.41) is 8.66. The van der Waals surface area contributed by atoms with Gasteiger partial charge in [-0.25, -0.2) is 9.59 Å². The molecule has 1 aromatic heterocycles. The Morgan fingerprint density at radius 3 is 2.62 bits per heavy atom. The SMILES string of the molecule is COC(=O)c1oc(C)cc1C(=O)O. The van der Waals surface area contributed by atoms with Crippen molar-refractivity contribution in [2.75, 3.05) is 7.11 Å². The number of hydrogen-bond donors (Lipinski definition) is 1. The molecule has 0 fully saturated rings. The zero-order valence-corrected chi connectivity index (χ0v) is 7.16. The molecule has 0 atom stereocenters. The van der Waals surface area contributed by atoms with Crippen LogP contribution in [0.2, 0.25) is 0 Å². The third kappa shape index (κ3) is 1.69. The standard InChI is InChI=1S/C8H8O5/c1-4-3-5(7(9)10)6(13-4)8(11)12-2/h3H,1-2H3,(H,9,10). The minimum Gasteiger partial charge on any atom is -0.478 e. The second-order valence-corrected chi connectivity index (χ2v) is 2.40. The Hall–Kier alpha value is -1.78. The van der Waals surface area contributed by atoms with E-state index in [-0.39, 0.29) is 11.3 Å². The first kappa shape index (κ1) is 9.31. The van der Waals surface area contributed by atoms with Crippen LogP contribution in [0.25, 0.3) is 0 Å². The maximum absolute atomic E-state index is 11.0. The van der Waals surface area contributed by atoms with Crippen molar-refractivity contribution in [3.8, 4) is 0 Å². The molecule has 0 aromatic carbocycles. The van der Waals surface area contributed by atoms with Crippen LogP contribution in [0.5, 0.6) is 0 Å². The summed E-state index contributed by atoms with van der Waals surface area (Å²) in [6.07, 6.45) is 0. The van der Waals surface area contributed by atoms with Crippen molar-refractivity contribution >= 4 is 11.9 Å². The van der Waals surface area contributed by atoms with E-state index >= 15 is 0 Å². The number of hydrogen-bond acceptors (Lipinski definition) is 4. The van der Waals surface area contributed by atoms with Crippen molar-refractivity contribution in [3.05, 3.63) is 23.2 Å². The lowest BCUT2D eigenvalue weighted by atomic mass is 10.2. The Morgan fingerprint density at radius 2 is 2.15 bits per heavy atom. The van der Waals surface area contributed by atoms with Gasteiger partial charge in [0.25, 0.3) is 0 Å². The van der Waals surface area contributed by atoms with Crippen molar-refractivity contribution in [1.29, 1.82) is 0 Å². The fourth-order valence-corrected chi connectivity index (χ4v) is 0.917. The highest BCUT2D eigenvalue weighted by Crippen LogP contribution is 2.15. The van der Waals surface area contributed by atoms with Crippen LogP contribution >= 0.6 is 0 Å². The summed E-state index contributed by atoms with van der Waals surface area (Å²) in [7, 11) is 1.16. The number of carbonyl (C=O) groups excluding carboxylic acids is 1. The molecule has 0 unspecified atom stereocenters. The van der Waals surface area contributed by atoms with Gasteiger partial charge in [0.2, 0.25) is 5.76 Å². The largest absolute Gasteiger partial charge is 0.478 e. The number of methoxy groups -OCH3 is 1. The van der Waals surface area contributed by atoms with Crippen LogP contribution in [0.1, 0.15) is 26.7 Å². The minimum atomic E-state index is -1.21. The molecule has 0 amide bonds. The van der Waals surface area contributed by atoms with Gasteiger partial charge in [-0.15, -0.1) is 0 Å². The summed E-state index contributed by atoms with van der Waals surface area (Å²) in [5.74, 6) is -1.91. The first-order valence-corrected chi connectivity index (χ1v) is 3.48. The van der Waals surface area contributed by atoms with Gasteiger partial charge in [-0.2, -0.15) is 0 Å². The van der Waals surface area contributed by atoms with Gasteiger partial charge in [0.1, 0.15) is 11.3 Å². The Balaban J connectivity index is 3.19. The smallest absolute Gasteiger partial charge is 0.374 e. The predicted molar refractivity (Wildman–Crippen MR) is 41.7 cm³/mol. The van der Waals surface area contributed by atoms with Crippen LogP contribution in [0.3, 0.4) is 0 Å². The summed E-state index contributed by atoms with van der Waals surface area (Å²) < 4.78 is 9.22. The van der Waals surface area contributed by atoms with Crippen molar-refractivity contribution in [2.24, 2.45) is 0 Å². The Morgan fingerprint density at radius 1 is 1.54 bits per heavy atom. The van der Waals surface area contributed by atoms with Crippen LogP contribution in [0.4, 0.5) is 0 Å². The van der Waals surface area contributed by atoms with E-state index in [1.54, 1.807) is 6.92 Å². The number of furan rings is 1. The summed E-state index contributed by atoms with van der Waals surface area (Å²) in [5.41, 5.74) is -0.177. The molecule has 5 heteroatoms. The zero-order chi connectivity index (χ0) is 10.0. The van der Waals surface area contributed by atoms with Crippen LogP contribution in [-0.4, -0.2) is 24.2 Å². The second-order valence-electron chi connectivity index (χ2n) is 2.40. The third-order valence-corrected chi connectivity index (χ3v) is 1.46. The summed E-state index contributed by atoms with van der Waals surface area (Å²) in [6.45, 7) is 1.55. The molecule has 0 aliphatic heterocycles. The molecule has 0 saturated carbocycles. The van der Waals surface area contributed by atoms with Gasteiger partial charge in [0.05, 0.1) is 7.11 Å². The van der Waals surface area contributed by atoms with E-state index in [0.29, 0.717) is 5.76 Å². The number of aromatic carboxylic acids is 1. The van der Waals surface area contributed by atoms with Crippen molar-refractivity contribution in [3.63, 3.8) is 0 Å². The topological polar surface area (TPSA) is 76.7 Å². The Labute approximate surface area is 73.9 Å². The van der Waals surface area contributed by atoms with Crippen LogP contribution in [0, 0.1) is 6.92 Å². The fourth-order valence-electron chi connectivity index (χ4n) is 0.917. The van der Waals surface area contributed by atoms with E-state index in [9.17, 15) is 9.59 Å². The van der Waals surface area contributed by atoms with E-state index in [2.05, 4.69) is 4.74 Å². The van der Waals surface area contributed by atoms with E-state index in [1.807, 2.05) is 0 Å². The molecule has 0 aliphatic rings. The van der Waals surface area contributed by atoms with Crippen molar-refractivity contribution < 1.29 is 23.8 Å². The lowest BCUT2D eigenvalue weighted by Crippen LogP contribution is -2.06. The monoisotopic (exact) mass is 184 g/mol. The molecule has 0 bridgehead atoms. The lowest BCUT2D eigenvalue weighted by Gasteiger charge is -1.94. The van der Waals surface area contributed by atoms with E-state index < -0.39 is 11.9 Å². The van der Waals surface area contributed by atoms with Crippen LogP contribution < -0.4 is 0 Å². The number of esters is 1. The molecule has 5 nitrogen and oxygen atoms in total. The number of rotatable bonds is 2. The zero-order valence-electron chi connectivity index (χ0n) is 7.16. The van der Waals surface area contributed by atoms with Gasteiger partial charge in [-0.05, 0) is 13.0 Å². The lowest BCUT2D eigenvalue weighted by molar-refractivity contribution is 0.0546. The molecule has 1 rings (SSSR count). The third-order valence-electron chi connectivity index (χ3n) is 1.46. The number of ether oxygens (including phenoxy) is 1.